The van der Waals surface area contributed by atoms with Crippen molar-refractivity contribution >= 4 is 10.0 Å². The molecule has 1 aromatic carbocycles. The van der Waals surface area contributed by atoms with Crippen LogP contribution in [0.3, 0.4) is 0 Å². The molecular formula is C17H18F3N5O2S. The van der Waals surface area contributed by atoms with E-state index in [9.17, 15) is 21.6 Å². The summed E-state index contributed by atoms with van der Waals surface area (Å²) in [4.78, 5) is -0.464. The predicted octanol–water partition coefficient (Wildman–Crippen LogP) is 2.76. The van der Waals surface area contributed by atoms with Crippen LogP contribution in [-0.4, -0.2) is 40.6 Å². The van der Waals surface area contributed by atoms with Crippen molar-refractivity contribution in [1.29, 1.82) is 5.26 Å². The van der Waals surface area contributed by atoms with Crippen LogP contribution in [0, 0.1) is 11.3 Å². The van der Waals surface area contributed by atoms with Crippen LogP contribution >= 0.6 is 0 Å². The first-order chi connectivity index (χ1) is 13.2. The van der Waals surface area contributed by atoms with Gasteiger partial charge in [0.15, 0.2) is 0 Å². The van der Waals surface area contributed by atoms with Gasteiger partial charge in [0.25, 0.3) is 0 Å². The monoisotopic (exact) mass is 413 g/mol. The molecule has 0 atom stereocenters. The molecule has 0 radical (unpaired) electrons. The normalized spacial score (nSPS) is 16.8. The molecule has 1 aliphatic rings. The van der Waals surface area contributed by atoms with Crippen LogP contribution in [0.2, 0.25) is 0 Å². The molecule has 0 N–H and O–H groups in total. The number of piperidine rings is 1. The Bertz CT molecular complexity index is 1000. The van der Waals surface area contributed by atoms with Crippen LogP contribution in [-0.2, 0) is 22.7 Å². The van der Waals surface area contributed by atoms with E-state index in [1.54, 1.807) is 6.33 Å². The Labute approximate surface area is 160 Å². The molecule has 28 heavy (non-hydrogen) atoms. The Hall–Kier alpha value is -2.45. The summed E-state index contributed by atoms with van der Waals surface area (Å²) in [6, 6.07) is 3.92. The minimum absolute atomic E-state index is 0.0422. The SMILES string of the molecule is CCn1cnnc1C1CCN(S(=O)(=O)c2ccc(C#N)c(C(F)(F)F)c2)CC1. The Morgan fingerprint density at radius 1 is 1.29 bits per heavy atom. The number of hydrogen-bond acceptors (Lipinski definition) is 5. The van der Waals surface area contributed by atoms with Gasteiger partial charge in [0.1, 0.15) is 12.2 Å². The highest BCUT2D eigenvalue weighted by atomic mass is 32.2. The number of benzene rings is 1. The molecular weight excluding hydrogens is 395 g/mol. The number of hydrogen-bond donors (Lipinski definition) is 0. The van der Waals surface area contributed by atoms with Gasteiger partial charge in [-0.3, -0.25) is 0 Å². The number of nitrogens with zero attached hydrogens (tertiary/aromatic N) is 5. The van der Waals surface area contributed by atoms with Crippen molar-refractivity contribution in [3.63, 3.8) is 0 Å². The predicted molar refractivity (Wildman–Crippen MR) is 92.6 cm³/mol. The van der Waals surface area contributed by atoms with Crippen molar-refractivity contribution < 1.29 is 21.6 Å². The van der Waals surface area contributed by atoms with Crippen LogP contribution in [0.4, 0.5) is 13.2 Å². The maximum Gasteiger partial charge on any atom is 0.417 e. The highest BCUT2D eigenvalue weighted by molar-refractivity contribution is 7.89. The van der Waals surface area contributed by atoms with Crippen molar-refractivity contribution in [2.75, 3.05) is 13.1 Å². The van der Waals surface area contributed by atoms with E-state index in [0.29, 0.717) is 25.5 Å². The van der Waals surface area contributed by atoms with Gasteiger partial charge in [0.05, 0.1) is 22.1 Å². The summed E-state index contributed by atoms with van der Waals surface area (Å²) in [5.41, 5.74) is -1.86. The molecule has 150 valence electrons. The van der Waals surface area contributed by atoms with Gasteiger partial charge < -0.3 is 4.57 Å². The number of aromatic nitrogens is 3. The van der Waals surface area contributed by atoms with Crippen molar-refractivity contribution in [3.05, 3.63) is 41.5 Å². The van der Waals surface area contributed by atoms with Gasteiger partial charge >= 0.3 is 6.18 Å². The summed E-state index contributed by atoms with van der Waals surface area (Å²) in [6.07, 6.45) is -2.19. The quantitative estimate of drug-likeness (QED) is 0.769. The van der Waals surface area contributed by atoms with Gasteiger partial charge in [-0.05, 0) is 38.0 Å². The summed E-state index contributed by atoms with van der Waals surface area (Å²) >= 11 is 0. The van der Waals surface area contributed by atoms with Gasteiger partial charge in [-0.1, -0.05) is 0 Å². The van der Waals surface area contributed by atoms with E-state index in [1.165, 1.54) is 10.4 Å². The van der Waals surface area contributed by atoms with E-state index in [2.05, 4.69) is 10.2 Å². The fourth-order valence-corrected chi connectivity index (χ4v) is 4.84. The molecule has 2 aromatic rings. The molecule has 0 spiro atoms. The third-order valence-corrected chi connectivity index (χ3v) is 6.75. The fourth-order valence-electron chi connectivity index (χ4n) is 3.34. The van der Waals surface area contributed by atoms with Crippen molar-refractivity contribution in [3.8, 4) is 6.07 Å². The molecule has 1 saturated heterocycles. The third kappa shape index (κ3) is 3.74. The zero-order valence-electron chi connectivity index (χ0n) is 15.0. The van der Waals surface area contributed by atoms with Gasteiger partial charge in [-0.2, -0.15) is 22.7 Å². The van der Waals surface area contributed by atoms with E-state index >= 15 is 0 Å². The fraction of sp³-hybridized carbons (Fsp3) is 0.471. The first-order valence-electron chi connectivity index (χ1n) is 8.67. The van der Waals surface area contributed by atoms with Crippen molar-refractivity contribution in [2.45, 2.75) is 43.3 Å². The second-order valence-electron chi connectivity index (χ2n) is 6.47. The topological polar surface area (TPSA) is 91.9 Å². The third-order valence-electron chi connectivity index (χ3n) is 4.86. The maximum atomic E-state index is 13.2. The molecule has 1 fully saturated rings. The molecule has 2 heterocycles. The van der Waals surface area contributed by atoms with E-state index in [4.69, 9.17) is 5.26 Å². The summed E-state index contributed by atoms with van der Waals surface area (Å²) in [6.45, 7) is 3.00. The van der Waals surface area contributed by atoms with Crippen LogP contribution < -0.4 is 0 Å². The van der Waals surface area contributed by atoms with Gasteiger partial charge in [-0.25, -0.2) is 8.42 Å². The largest absolute Gasteiger partial charge is 0.417 e. The highest BCUT2D eigenvalue weighted by Gasteiger charge is 2.37. The van der Waals surface area contributed by atoms with E-state index in [-0.39, 0.29) is 19.0 Å². The Morgan fingerprint density at radius 3 is 2.54 bits per heavy atom. The molecule has 1 aliphatic heterocycles. The smallest absolute Gasteiger partial charge is 0.318 e. The standard InChI is InChI=1S/C17H18F3N5O2S/c1-2-24-11-22-23-16(24)12-5-7-25(8-6-12)28(26,27)14-4-3-13(10-21)15(9-14)17(18,19)20/h3-4,9,11-12H,2,5-8H2,1H3. The molecule has 0 amide bonds. The second kappa shape index (κ2) is 7.52. The molecule has 1 aromatic heterocycles. The minimum Gasteiger partial charge on any atom is -0.318 e. The van der Waals surface area contributed by atoms with Crippen LogP contribution in [0.1, 0.15) is 42.6 Å². The second-order valence-corrected chi connectivity index (χ2v) is 8.41. The van der Waals surface area contributed by atoms with Crippen LogP contribution in [0.15, 0.2) is 29.4 Å². The molecule has 0 bridgehead atoms. The average molecular weight is 413 g/mol. The Kier molecular flexibility index (Phi) is 5.45. The van der Waals surface area contributed by atoms with Crippen molar-refractivity contribution in [1.82, 2.24) is 19.1 Å². The van der Waals surface area contributed by atoms with Crippen LogP contribution in [0.5, 0.6) is 0 Å². The van der Waals surface area contributed by atoms with Gasteiger partial charge in [-0.15, -0.1) is 10.2 Å². The van der Waals surface area contributed by atoms with Gasteiger partial charge in [0, 0.05) is 25.6 Å². The summed E-state index contributed by atoms with van der Waals surface area (Å²) in [5, 5.41) is 16.8. The maximum absolute atomic E-state index is 13.2. The Balaban J connectivity index is 1.82. The number of nitriles is 1. The summed E-state index contributed by atoms with van der Waals surface area (Å²) in [7, 11) is -4.10. The number of halogens is 3. The molecule has 3 rings (SSSR count). The zero-order valence-corrected chi connectivity index (χ0v) is 15.8. The lowest BCUT2D eigenvalue weighted by Crippen LogP contribution is -2.38. The number of sulfonamides is 1. The lowest BCUT2D eigenvalue weighted by Gasteiger charge is -2.31. The number of aryl methyl sites for hydroxylation is 1. The highest BCUT2D eigenvalue weighted by Crippen LogP contribution is 2.35. The lowest BCUT2D eigenvalue weighted by molar-refractivity contribution is -0.137. The molecule has 0 saturated carbocycles. The molecule has 0 unspecified atom stereocenters. The molecule has 11 heteroatoms. The lowest BCUT2D eigenvalue weighted by atomic mass is 9.97. The summed E-state index contributed by atoms with van der Waals surface area (Å²) < 4.78 is 68.2. The van der Waals surface area contributed by atoms with E-state index in [1.807, 2.05) is 11.5 Å². The van der Waals surface area contributed by atoms with E-state index in [0.717, 1.165) is 18.0 Å². The summed E-state index contributed by atoms with van der Waals surface area (Å²) in [5.74, 6) is 0.831. The van der Waals surface area contributed by atoms with Crippen LogP contribution in [0.25, 0.3) is 0 Å². The average Bonchev–Trinajstić information content (AvgIpc) is 3.15. The number of rotatable bonds is 4. The molecule has 0 aliphatic carbocycles. The minimum atomic E-state index is -4.81. The van der Waals surface area contributed by atoms with Crippen molar-refractivity contribution in [2.24, 2.45) is 0 Å². The number of alkyl halides is 3. The zero-order chi connectivity index (χ0) is 20.5. The first kappa shape index (κ1) is 20.3. The van der Waals surface area contributed by atoms with Gasteiger partial charge in [0.2, 0.25) is 10.0 Å². The van der Waals surface area contributed by atoms with E-state index < -0.39 is 32.2 Å². The first-order valence-corrected chi connectivity index (χ1v) is 10.1. The molecule has 7 nitrogen and oxygen atoms in total. The Morgan fingerprint density at radius 2 is 1.96 bits per heavy atom.